The number of hydrogen-bond donors (Lipinski definition) is 0. The van der Waals surface area contributed by atoms with Gasteiger partial charge in [0.15, 0.2) is 0 Å². The highest BCUT2D eigenvalue weighted by atomic mass is 32.2. The van der Waals surface area contributed by atoms with Crippen LogP contribution >= 0.6 is 11.8 Å². The fourth-order valence-electron chi connectivity index (χ4n) is 3.17. The third kappa shape index (κ3) is 3.39. The predicted octanol–water partition coefficient (Wildman–Crippen LogP) is 5.71. The van der Waals surface area contributed by atoms with Crippen LogP contribution in [0.5, 0.6) is 0 Å². The molecule has 0 saturated carbocycles. The first-order chi connectivity index (χ1) is 12.0. The van der Waals surface area contributed by atoms with Gasteiger partial charge in [-0.25, -0.2) is 4.39 Å². The third-order valence-electron chi connectivity index (χ3n) is 4.46. The highest BCUT2D eigenvalue weighted by Crippen LogP contribution is 2.43. The Bertz CT molecular complexity index is 897. The molecule has 0 bridgehead atoms. The summed E-state index contributed by atoms with van der Waals surface area (Å²) in [4.78, 5) is 1.63. The Kier molecular flexibility index (Phi) is 5.08. The molecule has 0 heterocycles. The van der Waals surface area contributed by atoms with Gasteiger partial charge in [0.05, 0.1) is 11.7 Å². The van der Waals surface area contributed by atoms with Crippen molar-refractivity contribution in [1.29, 1.82) is 5.26 Å². The number of thioether (sulfide) groups is 1. The van der Waals surface area contributed by atoms with Crippen molar-refractivity contribution in [2.75, 3.05) is 7.11 Å². The minimum Gasteiger partial charge on any atom is -0.377 e. The number of halogens is 1. The van der Waals surface area contributed by atoms with Crippen LogP contribution in [0, 0.1) is 17.1 Å². The van der Waals surface area contributed by atoms with Gasteiger partial charge in [0.25, 0.3) is 0 Å². The molecule has 0 N–H and O–H groups in total. The van der Waals surface area contributed by atoms with Gasteiger partial charge >= 0.3 is 0 Å². The van der Waals surface area contributed by atoms with E-state index in [4.69, 9.17) is 10.00 Å². The first-order valence-corrected chi connectivity index (χ1v) is 8.77. The molecule has 126 valence electrons. The van der Waals surface area contributed by atoms with Crippen LogP contribution in [0.2, 0.25) is 0 Å². The summed E-state index contributed by atoms with van der Waals surface area (Å²) in [6, 6.07) is 12.5. The van der Waals surface area contributed by atoms with Gasteiger partial charge in [-0.2, -0.15) is 5.26 Å². The van der Waals surface area contributed by atoms with Crippen LogP contribution in [-0.2, 0) is 11.2 Å². The van der Waals surface area contributed by atoms with E-state index in [-0.39, 0.29) is 11.7 Å². The normalized spacial score (nSPS) is 15.5. The molecule has 1 aliphatic carbocycles. The zero-order chi connectivity index (χ0) is 18.0. The van der Waals surface area contributed by atoms with Crippen LogP contribution in [0.25, 0.3) is 9.81 Å². The third-order valence-corrected chi connectivity index (χ3v) is 5.40. The summed E-state index contributed by atoms with van der Waals surface area (Å²) in [6.45, 7) is 8.27. The zero-order valence-electron chi connectivity index (χ0n) is 14.0. The maximum atomic E-state index is 13.5. The van der Waals surface area contributed by atoms with Crippen molar-refractivity contribution in [1.82, 2.24) is 0 Å². The quantitative estimate of drug-likeness (QED) is 0.692. The second kappa shape index (κ2) is 7.26. The Balaban J connectivity index is 1.83. The van der Waals surface area contributed by atoms with Crippen molar-refractivity contribution in [3.63, 3.8) is 0 Å². The van der Waals surface area contributed by atoms with E-state index in [1.807, 2.05) is 12.1 Å². The fourth-order valence-corrected chi connectivity index (χ4v) is 4.01. The molecule has 0 spiro atoms. The van der Waals surface area contributed by atoms with E-state index in [9.17, 15) is 4.39 Å². The van der Waals surface area contributed by atoms with Crippen LogP contribution in [0.15, 0.2) is 49.6 Å². The SMILES string of the molecule is C=C(SC(=C)c1cccc2c1CC[C@H]2OC)c1ccc(F)c(C#N)c1. The number of methoxy groups -OCH3 is 1. The summed E-state index contributed by atoms with van der Waals surface area (Å²) in [7, 11) is 1.74. The lowest BCUT2D eigenvalue weighted by Gasteiger charge is -2.14. The van der Waals surface area contributed by atoms with E-state index in [0.717, 1.165) is 33.8 Å². The van der Waals surface area contributed by atoms with E-state index in [1.54, 1.807) is 13.2 Å². The molecule has 0 aromatic heterocycles. The van der Waals surface area contributed by atoms with Gasteiger partial charge < -0.3 is 4.74 Å². The Labute approximate surface area is 151 Å². The summed E-state index contributed by atoms with van der Waals surface area (Å²) >= 11 is 1.44. The number of rotatable bonds is 5. The van der Waals surface area contributed by atoms with Crippen LogP contribution in [0.1, 0.15) is 40.3 Å². The van der Waals surface area contributed by atoms with Crippen molar-refractivity contribution < 1.29 is 9.13 Å². The van der Waals surface area contributed by atoms with Crippen molar-refractivity contribution in [2.24, 2.45) is 0 Å². The minimum atomic E-state index is -0.519. The molecule has 4 heteroatoms. The van der Waals surface area contributed by atoms with E-state index < -0.39 is 5.82 Å². The van der Waals surface area contributed by atoms with Crippen LogP contribution in [-0.4, -0.2) is 7.11 Å². The highest BCUT2D eigenvalue weighted by molar-refractivity contribution is 8.16. The molecule has 0 saturated heterocycles. The summed E-state index contributed by atoms with van der Waals surface area (Å²) < 4.78 is 19.0. The van der Waals surface area contributed by atoms with Crippen molar-refractivity contribution in [2.45, 2.75) is 18.9 Å². The molecular weight excluding hydrogens is 333 g/mol. The molecule has 2 nitrogen and oxygen atoms in total. The lowest BCUT2D eigenvalue weighted by atomic mass is 10.0. The van der Waals surface area contributed by atoms with E-state index in [2.05, 4.69) is 25.3 Å². The van der Waals surface area contributed by atoms with Gasteiger partial charge in [0.1, 0.15) is 11.9 Å². The largest absolute Gasteiger partial charge is 0.377 e. The molecule has 2 aromatic carbocycles. The Hall–Kier alpha value is -2.35. The highest BCUT2D eigenvalue weighted by Gasteiger charge is 2.25. The van der Waals surface area contributed by atoms with Gasteiger partial charge in [-0.05, 0) is 47.2 Å². The summed E-state index contributed by atoms with van der Waals surface area (Å²) in [5, 5.41) is 8.98. The first-order valence-electron chi connectivity index (χ1n) is 7.95. The lowest BCUT2D eigenvalue weighted by molar-refractivity contribution is 0.105. The average molecular weight is 351 g/mol. The average Bonchev–Trinajstić information content (AvgIpc) is 3.05. The Morgan fingerprint density at radius 1 is 1.28 bits per heavy atom. The molecule has 0 fully saturated rings. The first kappa shape index (κ1) is 17.5. The summed E-state index contributed by atoms with van der Waals surface area (Å²) in [5.74, 6) is -0.519. The van der Waals surface area contributed by atoms with Crippen LogP contribution < -0.4 is 0 Å². The fraction of sp³-hybridized carbons (Fsp3) is 0.190. The maximum Gasteiger partial charge on any atom is 0.140 e. The molecule has 25 heavy (non-hydrogen) atoms. The number of hydrogen-bond acceptors (Lipinski definition) is 3. The van der Waals surface area contributed by atoms with Crippen LogP contribution in [0.4, 0.5) is 4.39 Å². The monoisotopic (exact) mass is 351 g/mol. The van der Waals surface area contributed by atoms with Crippen LogP contribution in [0.3, 0.4) is 0 Å². The lowest BCUT2D eigenvalue weighted by Crippen LogP contribution is -1.96. The van der Waals surface area contributed by atoms with E-state index >= 15 is 0 Å². The number of fused-ring (bicyclic) bond motifs is 1. The molecular formula is C21H18FNOS. The smallest absolute Gasteiger partial charge is 0.140 e. The van der Waals surface area contributed by atoms with Gasteiger partial charge in [-0.1, -0.05) is 49.2 Å². The Morgan fingerprint density at radius 3 is 2.80 bits per heavy atom. The zero-order valence-corrected chi connectivity index (χ0v) is 14.8. The molecule has 3 rings (SSSR count). The molecule has 0 radical (unpaired) electrons. The molecule has 0 amide bonds. The molecule has 1 aliphatic rings. The van der Waals surface area contributed by atoms with Crippen molar-refractivity contribution >= 4 is 21.6 Å². The number of nitriles is 1. The van der Waals surface area contributed by atoms with Gasteiger partial charge in [0.2, 0.25) is 0 Å². The molecule has 1 atom stereocenters. The number of nitrogens with zero attached hydrogens (tertiary/aromatic N) is 1. The minimum absolute atomic E-state index is 0.0217. The molecule has 0 aliphatic heterocycles. The molecule has 2 aromatic rings. The summed E-state index contributed by atoms with van der Waals surface area (Å²) in [6.07, 6.45) is 2.09. The van der Waals surface area contributed by atoms with Gasteiger partial charge in [-0.15, -0.1) is 0 Å². The summed E-state index contributed by atoms with van der Waals surface area (Å²) in [5.41, 5.74) is 4.35. The number of benzene rings is 2. The standard InChI is InChI=1S/C21H18FNOS/c1-13(15-7-9-20(22)16(11-15)12-23)25-14(2)17-5-4-6-19-18(17)8-10-21(19)24-3/h4-7,9,11,21H,1-2,8,10H2,3H3/t21-/m1/s1. The molecule has 0 unspecified atom stereocenters. The van der Waals surface area contributed by atoms with Gasteiger partial charge in [-0.3, -0.25) is 0 Å². The van der Waals surface area contributed by atoms with Crippen molar-refractivity contribution in [3.8, 4) is 6.07 Å². The van der Waals surface area contributed by atoms with Crippen molar-refractivity contribution in [3.05, 3.63) is 83.2 Å². The second-order valence-corrected chi connectivity index (χ2v) is 7.08. The topological polar surface area (TPSA) is 33.0 Å². The number of ether oxygens (including phenoxy) is 1. The second-order valence-electron chi connectivity index (χ2n) is 5.89. The van der Waals surface area contributed by atoms with E-state index in [1.165, 1.54) is 35.0 Å². The van der Waals surface area contributed by atoms with E-state index in [0.29, 0.717) is 0 Å². The Morgan fingerprint density at radius 2 is 2.08 bits per heavy atom. The maximum absolute atomic E-state index is 13.5. The predicted molar refractivity (Wildman–Crippen MR) is 101 cm³/mol. The van der Waals surface area contributed by atoms with Gasteiger partial charge in [0, 0.05) is 16.9 Å².